The van der Waals surface area contributed by atoms with Gasteiger partial charge in [0.1, 0.15) is 12.1 Å². The number of fused-ring (bicyclic) bond motifs is 1. The second-order valence-electron chi connectivity index (χ2n) is 5.60. The molecule has 3 rings (SSSR count). The fourth-order valence-corrected chi connectivity index (χ4v) is 2.91. The van der Waals surface area contributed by atoms with Crippen molar-refractivity contribution in [2.24, 2.45) is 0 Å². The minimum Gasteiger partial charge on any atom is -0.493 e. The molecule has 0 aliphatic heterocycles. The molecule has 1 aliphatic carbocycles. The maximum Gasteiger partial charge on any atom is 0.162 e. The van der Waals surface area contributed by atoms with Gasteiger partial charge in [0.15, 0.2) is 11.5 Å². The summed E-state index contributed by atoms with van der Waals surface area (Å²) in [5.41, 5.74) is 0.811. The third-order valence-corrected chi connectivity index (χ3v) is 4.18. The Hall–Kier alpha value is -2.08. The van der Waals surface area contributed by atoms with Gasteiger partial charge in [0, 0.05) is 17.5 Å². The first kappa shape index (κ1) is 14.8. The molecule has 0 unspecified atom stereocenters. The number of hydrogen-bond acceptors (Lipinski definition) is 6. The van der Waals surface area contributed by atoms with Crippen molar-refractivity contribution >= 4 is 16.7 Å². The molecule has 1 fully saturated rings. The topological polar surface area (TPSA) is 76.5 Å². The molecule has 0 bridgehead atoms. The van der Waals surface area contributed by atoms with Crippen LogP contribution in [-0.2, 0) is 0 Å². The lowest BCUT2D eigenvalue weighted by molar-refractivity contribution is 0.126. The molecule has 1 aromatic carbocycles. The molecule has 1 aromatic heterocycles. The molecule has 22 heavy (non-hydrogen) atoms. The molecule has 6 heteroatoms. The van der Waals surface area contributed by atoms with E-state index in [-0.39, 0.29) is 6.10 Å². The second kappa shape index (κ2) is 6.36. The van der Waals surface area contributed by atoms with Crippen molar-refractivity contribution in [3.05, 3.63) is 18.5 Å². The summed E-state index contributed by atoms with van der Waals surface area (Å²) in [6, 6.07) is 4.08. The van der Waals surface area contributed by atoms with E-state index < -0.39 is 0 Å². The van der Waals surface area contributed by atoms with Crippen LogP contribution in [0.2, 0.25) is 0 Å². The van der Waals surface area contributed by atoms with Crippen LogP contribution in [0.15, 0.2) is 18.5 Å². The van der Waals surface area contributed by atoms with Crippen molar-refractivity contribution in [1.82, 2.24) is 9.97 Å². The molecule has 0 spiro atoms. The lowest BCUT2D eigenvalue weighted by Crippen LogP contribution is -2.28. The Labute approximate surface area is 129 Å². The number of benzene rings is 1. The predicted molar refractivity (Wildman–Crippen MR) is 84.5 cm³/mol. The highest BCUT2D eigenvalue weighted by Crippen LogP contribution is 2.34. The zero-order valence-electron chi connectivity index (χ0n) is 12.9. The van der Waals surface area contributed by atoms with Crippen LogP contribution >= 0.6 is 0 Å². The number of nitrogens with one attached hydrogen (secondary N) is 1. The van der Waals surface area contributed by atoms with Crippen LogP contribution in [-0.4, -0.2) is 41.4 Å². The zero-order chi connectivity index (χ0) is 15.5. The van der Waals surface area contributed by atoms with Crippen LogP contribution in [0, 0.1) is 0 Å². The summed E-state index contributed by atoms with van der Waals surface area (Å²) < 4.78 is 10.7. The number of ether oxygens (including phenoxy) is 2. The summed E-state index contributed by atoms with van der Waals surface area (Å²) in [6.07, 6.45) is 4.94. The van der Waals surface area contributed by atoms with Crippen LogP contribution in [0.4, 0.5) is 5.82 Å². The van der Waals surface area contributed by atoms with Crippen molar-refractivity contribution < 1.29 is 14.6 Å². The van der Waals surface area contributed by atoms with Crippen molar-refractivity contribution in [1.29, 1.82) is 0 Å². The molecule has 6 nitrogen and oxygen atoms in total. The normalized spacial score (nSPS) is 21.6. The van der Waals surface area contributed by atoms with Gasteiger partial charge in [0.2, 0.25) is 0 Å². The standard InChI is InChI=1S/C16H21N3O3/c1-21-14-7-12-13(8-15(14)22-2)17-9-18-16(12)19-10-3-5-11(20)6-4-10/h7-11,20H,3-6H2,1-2H3,(H,17,18,19). The molecule has 0 amide bonds. The summed E-state index contributed by atoms with van der Waals surface area (Å²) in [4.78, 5) is 8.67. The first-order valence-electron chi connectivity index (χ1n) is 7.52. The van der Waals surface area contributed by atoms with Crippen LogP contribution < -0.4 is 14.8 Å². The Bertz CT molecular complexity index is 654. The highest BCUT2D eigenvalue weighted by Gasteiger charge is 2.20. The smallest absolute Gasteiger partial charge is 0.162 e. The Morgan fingerprint density at radius 3 is 2.41 bits per heavy atom. The molecular formula is C16H21N3O3. The van der Waals surface area contributed by atoms with Gasteiger partial charge in [-0.05, 0) is 31.7 Å². The quantitative estimate of drug-likeness (QED) is 0.903. The van der Waals surface area contributed by atoms with Crippen molar-refractivity contribution in [2.75, 3.05) is 19.5 Å². The van der Waals surface area contributed by atoms with E-state index in [0.29, 0.717) is 17.5 Å². The second-order valence-corrected chi connectivity index (χ2v) is 5.60. The van der Waals surface area contributed by atoms with E-state index in [4.69, 9.17) is 9.47 Å². The minimum atomic E-state index is -0.162. The van der Waals surface area contributed by atoms with Gasteiger partial charge in [-0.3, -0.25) is 0 Å². The lowest BCUT2D eigenvalue weighted by Gasteiger charge is -2.27. The van der Waals surface area contributed by atoms with Crippen LogP contribution in [0.1, 0.15) is 25.7 Å². The number of aliphatic hydroxyl groups is 1. The molecule has 0 atom stereocenters. The number of aliphatic hydroxyl groups excluding tert-OH is 1. The number of methoxy groups -OCH3 is 2. The van der Waals surface area contributed by atoms with E-state index in [1.54, 1.807) is 20.5 Å². The highest BCUT2D eigenvalue weighted by molar-refractivity contribution is 5.91. The Balaban J connectivity index is 1.92. The monoisotopic (exact) mass is 303 g/mol. The fraction of sp³-hybridized carbons (Fsp3) is 0.500. The van der Waals surface area contributed by atoms with Gasteiger partial charge < -0.3 is 19.9 Å². The molecule has 118 valence electrons. The van der Waals surface area contributed by atoms with E-state index in [1.165, 1.54) is 0 Å². The highest BCUT2D eigenvalue weighted by atomic mass is 16.5. The molecule has 1 heterocycles. The van der Waals surface area contributed by atoms with Crippen LogP contribution in [0.3, 0.4) is 0 Å². The minimum absolute atomic E-state index is 0.162. The summed E-state index contributed by atoms with van der Waals surface area (Å²) >= 11 is 0. The SMILES string of the molecule is COc1cc2ncnc(NC3CCC(O)CC3)c2cc1OC. The molecule has 0 radical (unpaired) electrons. The van der Waals surface area contributed by atoms with Gasteiger partial charge in [-0.15, -0.1) is 0 Å². The van der Waals surface area contributed by atoms with E-state index in [1.807, 2.05) is 12.1 Å². The predicted octanol–water partition coefficient (Wildman–Crippen LogP) is 2.36. The summed E-state index contributed by atoms with van der Waals surface area (Å²) in [7, 11) is 3.22. The van der Waals surface area contributed by atoms with Gasteiger partial charge in [0.25, 0.3) is 0 Å². The zero-order valence-corrected chi connectivity index (χ0v) is 12.9. The summed E-state index contributed by atoms with van der Waals surface area (Å²) in [5, 5.41) is 14.0. The third kappa shape index (κ3) is 2.92. The van der Waals surface area contributed by atoms with Crippen LogP contribution in [0.25, 0.3) is 10.9 Å². The molecular weight excluding hydrogens is 282 g/mol. The van der Waals surface area contributed by atoms with Gasteiger partial charge in [-0.1, -0.05) is 0 Å². The fourth-order valence-electron chi connectivity index (χ4n) is 2.91. The summed E-state index contributed by atoms with van der Waals surface area (Å²) in [6.45, 7) is 0. The average molecular weight is 303 g/mol. The van der Waals surface area contributed by atoms with E-state index in [0.717, 1.165) is 42.4 Å². The van der Waals surface area contributed by atoms with Crippen molar-refractivity contribution in [2.45, 2.75) is 37.8 Å². The van der Waals surface area contributed by atoms with Gasteiger partial charge in [-0.25, -0.2) is 9.97 Å². The third-order valence-electron chi connectivity index (χ3n) is 4.18. The molecule has 1 aliphatic rings. The largest absolute Gasteiger partial charge is 0.493 e. The first-order valence-corrected chi connectivity index (χ1v) is 7.52. The molecule has 2 N–H and O–H groups in total. The van der Waals surface area contributed by atoms with Gasteiger partial charge in [0.05, 0.1) is 25.8 Å². The van der Waals surface area contributed by atoms with Crippen LogP contribution in [0.5, 0.6) is 11.5 Å². The summed E-state index contributed by atoms with van der Waals surface area (Å²) in [5.74, 6) is 2.11. The maximum atomic E-state index is 9.61. The molecule has 1 saturated carbocycles. The Kier molecular flexibility index (Phi) is 4.29. The Morgan fingerprint density at radius 2 is 1.73 bits per heavy atom. The molecule has 0 saturated heterocycles. The average Bonchev–Trinajstić information content (AvgIpc) is 2.56. The van der Waals surface area contributed by atoms with Gasteiger partial charge >= 0.3 is 0 Å². The first-order chi connectivity index (χ1) is 10.7. The van der Waals surface area contributed by atoms with E-state index >= 15 is 0 Å². The number of rotatable bonds is 4. The van der Waals surface area contributed by atoms with E-state index in [9.17, 15) is 5.11 Å². The number of aromatic nitrogens is 2. The number of hydrogen-bond donors (Lipinski definition) is 2. The maximum absolute atomic E-state index is 9.61. The number of nitrogens with zero attached hydrogens (tertiary/aromatic N) is 2. The van der Waals surface area contributed by atoms with Crippen molar-refractivity contribution in [3.8, 4) is 11.5 Å². The Morgan fingerprint density at radius 1 is 1.05 bits per heavy atom. The molecule has 2 aromatic rings. The van der Waals surface area contributed by atoms with Crippen molar-refractivity contribution in [3.63, 3.8) is 0 Å². The lowest BCUT2D eigenvalue weighted by atomic mass is 9.93. The van der Waals surface area contributed by atoms with E-state index in [2.05, 4.69) is 15.3 Å². The number of anilines is 1. The van der Waals surface area contributed by atoms with Gasteiger partial charge in [-0.2, -0.15) is 0 Å².